The zero-order valence-corrected chi connectivity index (χ0v) is 10.9. The number of primary amides is 1. The van der Waals surface area contributed by atoms with Crippen LogP contribution >= 0.6 is 0 Å². The lowest BCUT2D eigenvalue weighted by Crippen LogP contribution is -2.13. The Balaban J connectivity index is 2.17. The number of benzene rings is 1. The maximum atomic E-state index is 11.4. The van der Waals surface area contributed by atoms with Gasteiger partial charge in [-0.25, -0.2) is 0 Å². The van der Waals surface area contributed by atoms with Gasteiger partial charge < -0.3 is 5.73 Å². The third-order valence-corrected chi connectivity index (χ3v) is 3.83. The molecule has 0 saturated heterocycles. The van der Waals surface area contributed by atoms with Crippen LogP contribution in [0.25, 0.3) is 5.57 Å². The number of carbonyl (C=O) groups is 1. The highest BCUT2D eigenvalue weighted by molar-refractivity contribution is 5.94. The SMILES string of the molecule is NC(=O)C1=CC2=C(C=CC1)c1ccccc1CCC2. The number of aryl methyl sites for hydroxylation is 1. The maximum Gasteiger partial charge on any atom is 0.244 e. The standard InChI is InChI=1S/C17H17NO/c18-17(19)14-8-4-10-16-13(11-14)7-3-6-12-5-1-2-9-15(12)16/h1-2,4-5,9-11H,3,6-8H2,(H2,18,19). The van der Waals surface area contributed by atoms with Crippen molar-refractivity contribution in [3.63, 3.8) is 0 Å². The number of allylic oxidation sites excluding steroid dienone is 5. The molecule has 1 aromatic carbocycles. The fourth-order valence-corrected chi connectivity index (χ4v) is 2.87. The lowest BCUT2D eigenvalue weighted by Gasteiger charge is -2.08. The minimum Gasteiger partial charge on any atom is -0.366 e. The van der Waals surface area contributed by atoms with Gasteiger partial charge in [-0.05, 0) is 54.0 Å². The molecule has 0 aliphatic heterocycles. The second-order valence-corrected chi connectivity index (χ2v) is 5.09. The summed E-state index contributed by atoms with van der Waals surface area (Å²) in [6, 6.07) is 8.54. The largest absolute Gasteiger partial charge is 0.366 e. The summed E-state index contributed by atoms with van der Waals surface area (Å²) >= 11 is 0. The van der Waals surface area contributed by atoms with Gasteiger partial charge in [-0.1, -0.05) is 36.4 Å². The van der Waals surface area contributed by atoms with Crippen LogP contribution in [-0.2, 0) is 11.2 Å². The van der Waals surface area contributed by atoms with E-state index in [0.717, 1.165) is 19.3 Å². The molecule has 2 heteroatoms. The summed E-state index contributed by atoms with van der Waals surface area (Å²) in [6.07, 6.45) is 10.0. The van der Waals surface area contributed by atoms with Crippen molar-refractivity contribution in [3.05, 3.63) is 64.8 Å². The van der Waals surface area contributed by atoms with Crippen LogP contribution in [0.4, 0.5) is 0 Å². The predicted molar refractivity (Wildman–Crippen MR) is 77.3 cm³/mol. The van der Waals surface area contributed by atoms with Crippen LogP contribution in [0.2, 0.25) is 0 Å². The molecule has 0 unspecified atom stereocenters. The van der Waals surface area contributed by atoms with Crippen molar-refractivity contribution in [2.75, 3.05) is 0 Å². The highest BCUT2D eigenvalue weighted by Crippen LogP contribution is 2.34. The van der Waals surface area contributed by atoms with Gasteiger partial charge in [-0.2, -0.15) is 0 Å². The van der Waals surface area contributed by atoms with E-state index in [1.54, 1.807) is 0 Å². The van der Waals surface area contributed by atoms with Crippen molar-refractivity contribution in [2.24, 2.45) is 5.73 Å². The summed E-state index contributed by atoms with van der Waals surface area (Å²) in [6.45, 7) is 0. The van der Waals surface area contributed by atoms with E-state index >= 15 is 0 Å². The molecule has 19 heavy (non-hydrogen) atoms. The molecular weight excluding hydrogens is 234 g/mol. The van der Waals surface area contributed by atoms with Crippen molar-refractivity contribution in [1.29, 1.82) is 0 Å². The van der Waals surface area contributed by atoms with Gasteiger partial charge in [-0.3, -0.25) is 4.79 Å². The van der Waals surface area contributed by atoms with Gasteiger partial charge in [0.1, 0.15) is 0 Å². The lowest BCUT2D eigenvalue weighted by atomic mass is 9.96. The number of carbonyl (C=O) groups excluding carboxylic acids is 1. The fourth-order valence-electron chi connectivity index (χ4n) is 2.87. The molecule has 1 aromatic rings. The van der Waals surface area contributed by atoms with Crippen molar-refractivity contribution >= 4 is 11.5 Å². The van der Waals surface area contributed by atoms with E-state index in [2.05, 4.69) is 30.3 Å². The molecule has 0 aromatic heterocycles. The zero-order chi connectivity index (χ0) is 13.2. The summed E-state index contributed by atoms with van der Waals surface area (Å²) < 4.78 is 0. The molecule has 0 bridgehead atoms. The van der Waals surface area contributed by atoms with Crippen molar-refractivity contribution in [1.82, 2.24) is 0 Å². The van der Waals surface area contributed by atoms with E-state index in [1.807, 2.05) is 12.2 Å². The molecule has 2 N–H and O–H groups in total. The zero-order valence-electron chi connectivity index (χ0n) is 10.9. The van der Waals surface area contributed by atoms with E-state index < -0.39 is 0 Å². The van der Waals surface area contributed by atoms with Gasteiger partial charge >= 0.3 is 0 Å². The minimum absolute atomic E-state index is 0.309. The second-order valence-electron chi connectivity index (χ2n) is 5.09. The molecule has 2 aliphatic carbocycles. The molecule has 0 radical (unpaired) electrons. The highest BCUT2D eigenvalue weighted by atomic mass is 16.1. The second kappa shape index (κ2) is 4.88. The molecule has 2 nitrogen and oxygen atoms in total. The van der Waals surface area contributed by atoms with Crippen LogP contribution in [0, 0.1) is 0 Å². The minimum atomic E-state index is -0.309. The first-order chi connectivity index (χ1) is 9.25. The molecule has 0 spiro atoms. The lowest BCUT2D eigenvalue weighted by molar-refractivity contribution is -0.114. The number of fused-ring (bicyclic) bond motifs is 2. The van der Waals surface area contributed by atoms with Gasteiger partial charge in [0, 0.05) is 5.57 Å². The number of hydrogen-bond donors (Lipinski definition) is 1. The van der Waals surface area contributed by atoms with Gasteiger partial charge in [0.15, 0.2) is 0 Å². The molecule has 96 valence electrons. The Morgan fingerprint density at radius 2 is 2.00 bits per heavy atom. The predicted octanol–water partition coefficient (Wildman–Crippen LogP) is 3.15. The van der Waals surface area contributed by atoms with Gasteiger partial charge in [-0.15, -0.1) is 0 Å². The highest BCUT2D eigenvalue weighted by Gasteiger charge is 2.17. The number of rotatable bonds is 1. The van der Waals surface area contributed by atoms with Crippen LogP contribution in [0.15, 0.2) is 53.6 Å². The van der Waals surface area contributed by atoms with E-state index in [-0.39, 0.29) is 5.91 Å². The van der Waals surface area contributed by atoms with Crippen molar-refractivity contribution in [3.8, 4) is 0 Å². The average molecular weight is 251 g/mol. The topological polar surface area (TPSA) is 43.1 Å². The third-order valence-electron chi connectivity index (χ3n) is 3.83. The van der Waals surface area contributed by atoms with E-state index in [4.69, 9.17) is 5.73 Å². The first-order valence-electron chi connectivity index (χ1n) is 6.74. The molecule has 0 atom stereocenters. The summed E-state index contributed by atoms with van der Waals surface area (Å²) in [5.74, 6) is -0.309. The van der Waals surface area contributed by atoms with Gasteiger partial charge in [0.05, 0.1) is 0 Å². The van der Waals surface area contributed by atoms with E-state index in [9.17, 15) is 4.79 Å². The Morgan fingerprint density at radius 3 is 2.84 bits per heavy atom. The maximum absolute atomic E-state index is 11.4. The molecule has 0 heterocycles. The van der Waals surface area contributed by atoms with Crippen LogP contribution in [0.1, 0.15) is 30.4 Å². The summed E-state index contributed by atoms with van der Waals surface area (Å²) in [5, 5.41) is 0. The first-order valence-corrected chi connectivity index (χ1v) is 6.74. The fraction of sp³-hybridized carbons (Fsp3) is 0.235. The molecule has 0 fully saturated rings. The average Bonchev–Trinajstić information content (AvgIpc) is 2.70. The summed E-state index contributed by atoms with van der Waals surface area (Å²) in [4.78, 5) is 11.4. The normalized spacial score (nSPS) is 18.0. The van der Waals surface area contributed by atoms with Crippen LogP contribution in [0.5, 0.6) is 0 Å². The molecule has 3 rings (SSSR count). The Hall–Kier alpha value is -2.09. The first kappa shape index (κ1) is 12.0. The smallest absolute Gasteiger partial charge is 0.244 e. The molecule has 2 aliphatic rings. The van der Waals surface area contributed by atoms with Crippen molar-refractivity contribution in [2.45, 2.75) is 25.7 Å². The van der Waals surface area contributed by atoms with Crippen LogP contribution < -0.4 is 5.73 Å². The summed E-state index contributed by atoms with van der Waals surface area (Å²) in [7, 11) is 0. The number of hydrogen-bond acceptors (Lipinski definition) is 1. The molecular formula is C17H17NO. The quantitative estimate of drug-likeness (QED) is 0.818. The van der Waals surface area contributed by atoms with Crippen LogP contribution in [0.3, 0.4) is 0 Å². The Kier molecular flexibility index (Phi) is 3.08. The number of amides is 1. The van der Waals surface area contributed by atoms with Gasteiger partial charge in [0.2, 0.25) is 5.91 Å². The third kappa shape index (κ3) is 2.26. The van der Waals surface area contributed by atoms with Crippen LogP contribution in [-0.4, -0.2) is 5.91 Å². The Bertz CT molecular complexity index is 620. The van der Waals surface area contributed by atoms with Crippen molar-refractivity contribution < 1.29 is 4.79 Å². The Morgan fingerprint density at radius 1 is 1.16 bits per heavy atom. The number of nitrogens with two attached hydrogens (primary N) is 1. The van der Waals surface area contributed by atoms with E-state index in [1.165, 1.54) is 22.3 Å². The van der Waals surface area contributed by atoms with E-state index in [0.29, 0.717) is 12.0 Å². The molecule has 0 saturated carbocycles. The van der Waals surface area contributed by atoms with Gasteiger partial charge in [0.25, 0.3) is 0 Å². The summed E-state index contributed by atoms with van der Waals surface area (Å²) in [5.41, 5.74) is 11.3. The monoisotopic (exact) mass is 251 g/mol. The molecule has 1 amide bonds. The Labute approximate surface area is 113 Å².